The minimum absolute atomic E-state index is 0.00189. The first-order chi connectivity index (χ1) is 7.34. The summed E-state index contributed by atoms with van der Waals surface area (Å²) in [5.41, 5.74) is 0. The van der Waals surface area contributed by atoms with E-state index in [1.54, 1.807) is 0 Å². The van der Waals surface area contributed by atoms with Crippen LogP contribution in [0.2, 0.25) is 0 Å². The summed E-state index contributed by atoms with van der Waals surface area (Å²) < 4.78 is 11.5. The SMILES string of the molecule is CCc1ccc(C(=O)CS(=O)C(C)(C)C)s1. The van der Waals surface area contributed by atoms with Crippen molar-refractivity contribution in [3.8, 4) is 0 Å². The van der Waals surface area contributed by atoms with E-state index in [4.69, 9.17) is 0 Å². The van der Waals surface area contributed by atoms with Gasteiger partial charge in [-0.15, -0.1) is 11.3 Å². The summed E-state index contributed by atoms with van der Waals surface area (Å²) in [4.78, 5) is 13.8. The van der Waals surface area contributed by atoms with Crippen LogP contribution in [0.25, 0.3) is 0 Å². The molecule has 4 heteroatoms. The van der Waals surface area contributed by atoms with E-state index in [1.807, 2.05) is 32.9 Å². The summed E-state index contributed by atoms with van der Waals surface area (Å²) >= 11 is 1.51. The highest BCUT2D eigenvalue weighted by Crippen LogP contribution is 2.19. The Kier molecular flexibility index (Phi) is 4.44. The molecule has 90 valence electrons. The van der Waals surface area contributed by atoms with Crippen LogP contribution in [0.4, 0.5) is 0 Å². The van der Waals surface area contributed by atoms with Crippen LogP contribution >= 0.6 is 11.3 Å². The van der Waals surface area contributed by atoms with E-state index < -0.39 is 10.8 Å². The maximum absolute atomic E-state index is 11.8. The van der Waals surface area contributed by atoms with Crippen molar-refractivity contribution in [3.63, 3.8) is 0 Å². The van der Waals surface area contributed by atoms with Gasteiger partial charge < -0.3 is 0 Å². The number of thiophene rings is 1. The summed E-state index contributed by atoms with van der Waals surface area (Å²) in [6, 6.07) is 3.81. The Morgan fingerprint density at radius 3 is 2.44 bits per heavy atom. The molecule has 1 aromatic rings. The van der Waals surface area contributed by atoms with E-state index in [0.29, 0.717) is 0 Å². The van der Waals surface area contributed by atoms with Crippen molar-refractivity contribution in [2.75, 3.05) is 5.75 Å². The normalized spacial score (nSPS) is 13.8. The molecule has 0 saturated carbocycles. The maximum atomic E-state index is 11.8. The van der Waals surface area contributed by atoms with Crippen molar-refractivity contribution in [1.82, 2.24) is 0 Å². The topological polar surface area (TPSA) is 34.1 Å². The van der Waals surface area contributed by atoms with Crippen LogP contribution in [-0.4, -0.2) is 20.5 Å². The number of aryl methyl sites for hydroxylation is 1. The minimum Gasteiger partial charge on any atom is -0.292 e. The number of ketones is 1. The minimum atomic E-state index is -1.10. The Morgan fingerprint density at radius 1 is 1.38 bits per heavy atom. The molecule has 0 fully saturated rings. The van der Waals surface area contributed by atoms with Crippen LogP contribution in [0, 0.1) is 0 Å². The number of carbonyl (C=O) groups is 1. The molecule has 0 amide bonds. The van der Waals surface area contributed by atoms with E-state index in [-0.39, 0.29) is 16.3 Å². The van der Waals surface area contributed by atoms with Crippen LogP contribution in [0.3, 0.4) is 0 Å². The van der Waals surface area contributed by atoms with Crippen LogP contribution < -0.4 is 0 Å². The van der Waals surface area contributed by atoms with E-state index in [2.05, 4.69) is 6.92 Å². The van der Waals surface area contributed by atoms with Gasteiger partial charge in [-0.1, -0.05) is 6.92 Å². The van der Waals surface area contributed by atoms with E-state index in [1.165, 1.54) is 16.2 Å². The van der Waals surface area contributed by atoms with Gasteiger partial charge >= 0.3 is 0 Å². The molecule has 1 atom stereocenters. The van der Waals surface area contributed by atoms with Gasteiger partial charge in [0.25, 0.3) is 0 Å². The van der Waals surface area contributed by atoms with E-state index in [0.717, 1.165) is 11.3 Å². The van der Waals surface area contributed by atoms with Gasteiger partial charge in [-0.2, -0.15) is 0 Å². The molecule has 16 heavy (non-hydrogen) atoms. The first-order valence-corrected chi connectivity index (χ1v) is 7.48. The summed E-state index contributed by atoms with van der Waals surface area (Å²) in [6.45, 7) is 7.74. The molecule has 0 spiro atoms. The predicted octanol–water partition coefficient (Wildman–Crippen LogP) is 3.04. The number of carbonyl (C=O) groups excluding carboxylic acids is 1. The maximum Gasteiger partial charge on any atom is 0.185 e. The zero-order valence-corrected chi connectivity index (χ0v) is 11.8. The summed E-state index contributed by atoms with van der Waals surface area (Å²) in [6.07, 6.45) is 0.945. The predicted molar refractivity (Wildman–Crippen MR) is 70.8 cm³/mol. The number of hydrogen-bond donors (Lipinski definition) is 0. The molecular formula is C12H18O2S2. The molecule has 1 unspecified atom stereocenters. The fourth-order valence-electron chi connectivity index (χ4n) is 1.12. The molecule has 1 heterocycles. The Morgan fingerprint density at radius 2 is 2.00 bits per heavy atom. The molecule has 0 aliphatic heterocycles. The van der Waals surface area contributed by atoms with Crippen LogP contribution in [0.5, 0.6) is 0 Å². The lowest BCUT2D eigenvalue weighted by Crippen LogP contribution is -2.27. The zero-order valence-electron chi connectivity index (χ0n) is 10.2. The zero-order chi connectivity index (χ0) is 12.3. The van der Waals surface area contributed by atoms with Gasteiger partial charge in [0, 0.05) is 20.4 Å². The van der Waals surface area contributed by atoms with Gasteiger partial charge in [0.05, 0.1) is 10.6 Å². The number of Topliss-reactive ketones (excluding diaryl/α,β-unsaturated/α-hetero) is 1. The molecule has 1 rings (SSSR count). The Bertz CT molecular complexity index is 399. The first kappa shape index (κ1) is 13.6. The third-order valence-electron chi connectivity index (χ3n) is 2.23. The highest BCUT2D eigenvalue weighted by atomic mass is 32.2. The Hall–Kier alpha value is -0.480. The van der Waals surface area contributed by atoms with Gasteiger partial charge in [0.2, 0.25) is 0 Å². The Balaban J connectivity index is 2.69. The average Bonchev–Trinajstić information content (AvgIpc) is 2.64. The Labute approximate surface area is 104 Å². The molecule has 0 radical (unpaired) electrons. The molecule has 0 N–H and O–H groups in total. The molecule has 0 saturated heterocycles. The molecule has 0 aromatic carbocycles. The number of hydrogen-bond acceptors (Lipinski definition) is 3. The second-order valence-corrected chi connectivity index (χ2v) is 8.02. The van der Waals surface area contributed by atoms with Crippen LogP contribution in [0.1, 0.15) is 42.2 Å². The lowest BCUT2D eigenvalue weighted by atomic mass is 10.3. The van der Waals surface area contributed by atoms with Crippen molar-refractivity contribution in [2.24, 2.45) is 0 Å². The third-order valence-corrected chi connectivity index (χ3v) is 5.39. The second kappa shape index (κ2) is 5.23. The summed E-state index contributed by atoms with van der Waals surface area (Å²) in [5, 5.41) is 0. The summed E-state index contributed by atoms with van der Waals surface area (Å²) in [5.74, 6) is 0.130. The van der Waals surface area contributed by atoms with Crippen molar-refractivity contribution in [1.29, 1.82) is 0 Å². The number of rotatable bonds is 4. The van der Waals surface area contributed by atoms with Gasteiger partial charge in [0.15, 0.2) is 5.78 Å². The quantitative estimate of drug-likeness (QED) is 0.778. The molecule has 1 aromatic heterocycles. The largest absolute Gasteiger partial charge is 0.292 e. The fourth-order valence-corrected chi connectivity index (χ4v) is 2.93. The smallest absolute Gasteiger partial charge is 0.185 e. The van der Waals surface area contributed by atoms with Gasteiger partial charge in [0.1, 0.15) is 0 Å². The van der Waals surface area contributed by atoms with E-state index in [9.17, 15) is 9.00 Å². The van der Waals surface area contributed by atoms with Crippen LogP contribution in [0.15, 0.2) is 12.1 Å². The fraction of sp³-hybridized carbons (Fsp3) is 0.583. The highest BCUT2D eigenvalue weighted by Gasteiger charge is 2.23. The average molecular weight is 258 g/mol. The van der Waals surface area contributed by atoms with E-state index >= 15 is 0 Å². The van der Waals surface area contributed by atoms with Crippen molar-refractivity contribution in [3.05, 3.63) is 21.9 Å². The second-order valence-electron chi connectivity index (χ2n) is 4.64. The van der Waals surface area contributed by atoms with Gasteiger partial charge in [-0.05, 0) is 39.3 Å². The molecule has 2 nitrogen and oxygen atoms in total. The molecule has 0 aliphatic carbocycles. The highest BCUT2D eigenvalue weighted by molar-refractivity contribution is 7.87. The monoisotopic (exact) mass is 258 g/mol. The molecule has 0 bridgehead atoms. The van der Waals surface area contributed by atoms with Crippen molar-refractivity contribution >= 4 is 27.9 Å². The van der Waals surface area contributed by atoms with Crippen molar-refractivity contribution < 1.29 is 9.00 Å². The summed E-state index contributed by atoms with van der Waals surface area (Å²) in [7, 11) is -1.10. The molecular weight excluding hydrogens is 240 g/mol. The van der Waals surface area contributed by atoms with Gasteiger partial charge in [-0.3, -0.25) is 9.00 Å². The standard InChI is InChI=1S/C12H18O2S2/c1-5-9-6-7-11(15-9)10(13)8-16(14)12(2,3)4/h6-7H,5,8H2,1-4H3. The van der Waals surface area contributed by atoms with Crippen molar-refractivity contribution in [2.45, 2.75) is 38.9 Å². The lowest BCUT2D eigenvalue weighted by molar-refractivity contribution is 0.102. The van der Waals surface area contributed by atoms with Gasteiger partial charge in [-0.25, -0.2) is 0 Å². The lowest BCUT2D eigenvalue weighted by Gasteiger charge is -2.16. The van der Waals surface area contributed by atoms with Crippen LogP contribution in [-0.2, 0) is 17.2 Å². The first-order valence-electron chi connectivity index (χ1n) is 5.35. The third kappa shape index (κ3) is 3.52. The molecule has 0 aliphatic rings.